The number of alkyl halides is 1. The Bertz CT molecular complexity index is 132. The summed E-state index contributed by atoms with van der Waals surface area (Å²) < 4.78 is 17.9. The van der Waals surface area contributed by atoms with Crippen LogP contribution in [0.1, 0.15) is 19.3 Å². The van der Waals surface area contributed by atoms with Gasteiger partial charge in [-0.05, 0) is 26.0 Å². The van der Waals surface area contributed by atoms with Crippen molar-refractivity contribution in [1.82, 2.24) is 0 Å². The molecular weight excluding hydrogens is 269 g/mol. The molecule has 1 aliphatic carbocycles. The Morgan fingerprint density at radius 3 is 1.78 bits per heavy atom. The van der Waals surface area contributed by atoms with Crippen molar-refractivity contribution in [3.63, 3.8) is 0 Å². The van der Waals surface area contributed by atoms with E-state index in [-0.39, 0.29) is 35.2 Å². The molecule has 1 aliphatic rings. The molecule has 2 unspecified atom stereocenters. The van der Waals surface area contributed by atoms with Crippen LogP contribution in [-0.4, -0.2) is 54.2 Å². The van der Waals surface area contributed by atoms with Gasteiger partial charge in [0.1, 0.15) is 6.17 Å². The number of nitrogens with zero attached hydrogens (tertiary/aromatic N) is 3. The molecule has 0 radical (unpaired) electrons. The standard InChI is InChI=1S/C7H13FNO.2C2H6N.CH3.Ti/c1-9-5-10-7-4-2-3-6(7)8;2*1-3-2;;/h6-7H,2-5H2,1H3;2*1-2H3;1H3;/q4*-1;+4. The van der Waals surface area contributed by atoms with Gasteiger partial charge < -0.3 is 28.1 Å². The van der Waals surface area contributed by atoms with Crippen LogP contribution < -0.4 is 0 Å². The normalized spacial score (nSPS) is 20.3. The minimum absolute atomic E-state index is 0. The molecule has 0 amide bonds. The molecule has 2 atom stereocenters. The molecule has 18 heavy (non-hydrogen) atoms. The molecule has 0 N–H and O–H groups in total. The Morgan fingerprint density at radius 1 is 1.06 bits per heavy atom. The summed E-state index contributed by atoms with van der Waals surface area (Å²) in [4.78, 5) is 0. The molecule has 4 nitrogen and oxygen atoms in total. The van der Waals surface area contributed by atoms with Gasteiger partial charge in [0.2, 0.25) is 0 Å². The second-order valence-corrected chi connectivity index (χ2v) is 3.49. The van der Waals surface area contributed by atoms with Crippen molar-refractivity contribution in [1.29, 1.82) is 0 Å². The van der Waals surface area contributed by atoms with Gasteiger partial charge in [0, 0.05) is 0 Å². The number of halogens is 1. The van der Waals surface area contributed by atoms with Crippen LogP contribution >= 0.6 is 0 Å². The molecule has 0 bridgehead atoms. The Labute approximate surface area is 128 Å². The van der Waals surface area contributed by atoms with Gasteiger partial charge in [0.25, 0.3) is 0 Å². The van der Waals surface area contributed by atoms with E-state index >= 15 is 0 Å². The van der Waals surface area contributed by atoms with Gasteiger partial charge in [0.15, 0.2) is 0 Å². The van der Waals surface area contributed by atoms with Crippen LogP contribution in [0, 0.1) is 7.43 Å². The predicted octanol–water partition coefficient (Wildman–Crippen LogP) is 3.54. The predicted molar refractivity (Wildman–Crippen MR) is 74.6 cm³/mol. The Kier molecular flexibility index (Phi) is 33.9. The third-order valence-electron chi connectivity index (χ3n) is 1.79. The fraction of sp³-hybridized carbons (Fsp3) is 0.917. The fourth-order valence-electron chi connectivity index (χ4n) is 1.24. The van der Waals surface area contributed by atoms with Crippen LogP contribution in [0.25, 0.3) is 16.0 Å². The second kappa shape index (κ2) is 22.6. The Morgan fingerprint density at radius 2 is 1.50 bits per heavy atom. The van der Waals surface area contributed by atoms with Gasteiger partial charge in [-0.1, -0.05) is 0 Å². The molecular formula is C12H28FN3OTi. The summed E-state index contributed by atoms with van der Waals surface area (Å²) in [5.41, 5.74) is 0. The Balaban J connectivity index is -0.000000106. The molecule has 0 aromatic carbocycles. The van der Waals surface area contributed by atoms with Gasteiger partial charge in [0.05, 0.1) is 6.10 Å². The fourth-order valence-corrected chi connectivity index (χ4v) is 1.24. The summed E-state index contributed by atoms with van der Waals surface area (Å²) in [7, 11) is 8.67. The van der Waals surface area contributed by atoms with Crippen molar-refractivity contribution in [2.75, 3.05) is 42.0 Å². The zero-order valence-electron chi connectivity index (χ0n) is 12.6. The van der Waals surface area contributed by atoms with E-state index in [1.165, 1.54) is 0 Å². The van der Waals surface area contributed by atoms with Gasteiger partial charge in [-0.15, -0.1) is 0 Å². The van der Waals surface area contributed by atoms with E-state index in [0.717, 1.165) is 12.8 Å². The maximum Gasteiger partial charge on any atom is 4.00 e. The minimum Gasteiger partial charge on any atom is -0.668 e. The molecule has 0 aromatic rings. The summed E-state index contributed by atoms with van der Waals surface area (Å²) >= 11 is 0. The van der Waals surface area contributed by atoms with Crippen molar-refractivity contribution in [3.05, 3.63) is 23.4 Å². The van der Waals surface area contributed by atoms with E-state index < -0.39 is 6.17 Å². The number of rotatable bonds is 3. The van der Waals surface area contributed by atoms with Crippen LogP contribution in [0.2, 0.25) is 0 Å². The van der Waals surface area contributed by atoms with Crippen LogP contribution in [0.5, 0.6) is 0 Å². The van der Waals surface area contributed by atoms with E-state index in [1.54, 1.807) is 35.2 Å². The summed E-state index contributed by atoms with van der Waals surface area (Å²) in [5, 5.41) is 10.7. The van der Waals surface area contributed by atoms with E-state index in [9.17, 15) is 4.39 Å². The summed E-state index contributed by atoms with van der Waals surface area (Å²) in [6.45, 7) is 0.338. The van der Waals surface area contributed by atoms with Crippen LogP contribution in [0.15, 0.2) is 0 Å². The van der Waals surface area contributed by atoms with Crippen molar-refractivity contribution < 1.29 is 30.8 Å². The average molecular weight is 297 g/mol. The van der Waals surface area contributed by atoms with Gasteiger partial charge in [-0.2, -0.15) is 35.2 Å². The number of hydrogen-bond acceptors (Lipinski definition) is 1. The second-order valence-electron chi connectivity index (χ2n) is 3.49. The van der Waals surface area contributed by atoms with Crippen molar-refractivity contribution in [3.8, 4) is 0 Å². The van der Waals surface area contributed by atoms with E-state index in [0.29, 0.717) is 13.2 Å². The molecule has 0 aliphatic heterocycles. The Hall–Kier alpha value is 0.484. The smallest absolute Gasteiger partial charge is 0.668 e. The summed E-state index contributed by atoms with van der Waals surface area (Å²) in [5.74, 6) is 0. The zero-order valence-corrected chi connectivity index (χ0v) is 14.2. The molecule has 0 spiro atoms. The molecule has 0 heterocycles. The average Bonchev–Trinajstić information content (AvgIpc) is 2.63. The van der Waals surface area contributed by atoms with Crippen LogP contribution in [-0.2, 0) is 26.5 Å². The van der Waals surface area contributed by atoms with Gasteiger partial charge >= 0.3 is 21.7 Å². The molecule has 1 fully saturated rings. The third kappa shape index (κ3) is 18.8. The quantitative estimate of drug-likeness (QED) is 0.580. The van der Waals surface area contributed by atoms with E-state index in [2.05, 4.69) is 16.0 Å². The summed E-state index contributed by atoms with van der Waals surface area (Å²) in [6, 6.07) is 0. The van der Waals surface area contributed by atoms with Gasteiger partial charge in [-0.25, -0.2) is 4.39 Å². The maximum absolute atomic E-state index is 12.7. The molecule has 1 saturated carbocycles. The molecule has 0 aromatic heterocycles. The SMILES string of the molecule is C[N-]C.C[N-]C.C[N-]COC1CCCC1F.[CH3-].[Ti+4]. The van der Waals surface area contributed by atoms with E-state index in [1.807, 2.05) is 0 Å². The largest absolute Gasteiger partial charge is 4.00 e. The third-order valence-corrected chi connectivity index (χ3v) is 1.79. The zero-order chi connectivity index (χ0) is 12.8. The van der Waals surface area contributed by atoms with Gasteiger partial charge in [-0.3, -0.25) is 0 Å². The van der Waals surface area contributed by atoms with Crippen molar-refractivity contribution in [2.24, 2.45) is 0 Å². The number of ether oxygens (including phenoxy) is 1. The molecule has 6 heteroatoms. The topological polar surface area (TPSA) is 51.5 Å². The summed E-state index contributed by atoms with van der Waals surface area (Å²) in [6.07, 6.45) is 1.55. The van der Waals surface area contributed by atoms with Crippen LogP contribution in [0.4, 0.5) is 4.39 Å². The maximum atomic E-state index is 12.7. The van der Waals surface area contributed by atoms with Crippen LogP contribution in [0.3, 0.4) is 0 Å². The first-order valence-corrected chi connectivity index (χ1v) is 5.44. The number of hydrogen-bond donors (Lipinski definition) is 0. The first-order valence-electron chi connectivity index (χ1n) is 5.44. The molecule has 1 rings (SSSR count). The monoisotopic (exact) mass is 297 g/mol. The molecule has 0 saturated heterocycles. The van der Waals surface area contributed by atoms with E-state index in [4.69, 9.17) is 4.74 Å². The van der Waals surface area contributed by atoms with Crippen molar-refractivity contribution >= 4 is 0 Å². The minimum atomic E-state index is -0.748. The molecule has 108 valence electrons. The first kappa shape index (κ1) is 26.9. The van der Waals surface area contributed by atoms with Crippen molar-refractivity contribution in [2.45, 2.75) is 31.5 Å². The first-order chi connectivity index (χ1) is 7.67.